The maximum Gasteiger partial charge on any atom is 0.303 e. The molecule has 0 saturated carbocycles. The number of rotatable bonds is 28. The number of carboxylic acid groups (broad SMARTS) is 2. The van der Waals surface area contributed by atoms with E-state index in [0.717, 1.165) is 81.4 Å². The van der Waals surface area contributed by atoms with Crippen molar-refractivity contribution in [3.63, 3.8) is 0 Å². The SMILES string of the molecule is Cc1ccc(N(S(=O)O)C(C)(C(O)CCCCCCCCCCC(=O)O)C(O)CCCCCCCCCCC(=O)O)c([N+](=O)[O-])c1. The van der Waals surface area contributed by atoms with Gasteiger partial charge in [0.25, 0.3) is 17.0 Å². The van der Waals surface area contributed by atoms with E-state index in [0.29, 0.717) is 31.2 Å². The Morgan fingerprint density at radius 2 is 1.15 bits per heavy atom. The Hall–Kier alpha value is -2.61. The zero-order valence-electron chi connectivity index (χ0n) is 27.6. The summed E-state index contributed by atoms with van der Waals surface area (Å²) in [4.78, 5) is 32.6. The van der Waals surface area contributed by atoms with Gasteiger partial charge in [-0.05, 0) is 51.2 Å². The molecule has 0 aliphatic heterocycles. The first-order valence-corrected chi connectivity index (χ1v) is 17.8. The Bertz CT molecular complexity index is 1050. The lowest BCUT2D eigenvalue weighted by Gasteiger charge is -2.46. The van der Waals surface area contributed by atoms with Crippen LogP contribution in [-0.2, 0) is 20.9 Å². The monoisotopic (exact) mass is 672 g/mol. The van der Waals surface area contributed by atoms with E-state index in [2.05, 4.69) is 0 Å². The number of hydrogen-bond acceptors (Lipinski definition) is 7. The predicted octanol–water partition coefficient (Wildman–Crippen LogP) is 7.30. The highest BCUT2D eigenvalue weighted by Gasteiger charge is 2.49. The third-order valence-electron chi connectivity index (χ3n) is 8.73. The normalized spacial score (nSPS) is 14.7. The molecule has 0 spiro atoms. The molecule has 0 aliphatic rings. The van der Waals surface area contributed by atoms with Gasteiger partial charge >= 0.3 is 11.9 Å². The summed E-state index contributed by atoms with van der Waals surface area (Å²) in [5.74, 6) is -1.57. The maximum atomic E-state index is 12.9. The number of unbranched alkanes of at least 4 members (excludes halogenated alkanes) is 14. The minimum atomic E-state index is -2.80. The Morgan fingerprint density at radius 1 is 0.783 bits per heavy atom. The quantitative estimate of drug-likeness (QED) is 0.0260. The number of aliphatic hydroxyl groups excluding tert-OH is 2. The summed E-state index contributed by atoms with van der Waals surface area (Å²) in [5.41, 5.74) is -1.65. The van der Waals surface area contributed by atoms with Crippen LogP contribution in [0.25, 0.3) is 0 Å². The number of anilines is 1. The molecule has 12 nitrogen and oxygen atoms in total. The number of aryl methyl sites for hydroxylation is 1. The number of hydrogen-bond donors (Lipinski definition) is 5. The number of nitro groups is 1. The number of aliphatic hydroxyl groups is 2. The fourth-order valence-electron chi connectivity index (χ4n) is 5.89. The van der Waals surface area contributed by atoms with Crippen molar-refractivity contribution in [2.45, 2.75) is 160 Å². The van der Waals surface area contributed by atoms with E-state index in [1.807, 2.05) is 0 Å². The summed E-state index contributed by atoms with van der Waals surface area (Å²) >= 11 is -2.80. The van der Waals surface area contributed by atoms with E-state index < -0.39 is 45.9 Å². The average Bonchev–Trinajstić information content (AvgIpc) is 2.98. The lowest BCUT2D eigenvalue weighted by molar-refractivity contribution is -0.384. The largest absolute Gasteiger partial charge is 0.481 e. The molecule has 0 heterocycles. The van der Waals surface area contributed by atoms with Crippen LogP contribution in [0.4, 0.5) is 11.4 Å². The minimum Gasteiger partial charge on any atom is -0.481 e. The van der Waals surface area contributed by atoms with E-state index in [1.54, 1.807) is 13.0 Å². The summed E-state index contributed by atoms with van der Waals surface area (Å²) in [6, 6.07) is 4.27. The molecule has 0 fully saturated rings. The summed E-state index contributed by atoms with van der Waals surface area (Å²) in [7, 11) is 0. The summed E-state index contributed by atoms with van der Waals surface area (Å²) < 4.78 is 24.2. The van der Waals surface area contributed by atoms with Crippen LogP contribution in [0.3, 0.4) is 0 Å². The molecule has 0 bridgehead atoms. The second-order valence-corrected chi connectivity index (χ2v) is 13.4. The van der Waals surface area contributed by atoms with E-state index in [9.17, 15) is 38.7 Å². The van der Waals surface area contributed by atoms with Gasteiger partial charge in [-0.2, -0.15) is 0 Å². The predicted molar refractivity (Wildman–Crippen MR) is 179 cm³/mol. The van der Waals surface area contributed by atoms with Crippen LogP contribution >= 0.6 is 0 Å². The van der Waals surface area contributed by atoms with Crippen LogP contribution in [-0.4, -0.2) is 63.8 Å². The molecule has 264 valence electrons. The van der Waals surface area contributed by atoms with Gasteiger partial charge in [-0.1, -0.05) is 96.0 Å². The van der Waals surface area contributed by atoms with Crippen LogP contribution in [0.2, 0.25) is 0 Å². The van der Waals surface area contributed by atoms with Gasteiger partial charge in [0, 0.05) is 18.9 Å². The number of carbonyl (C=O) groups is 2. The molecular weight excluding hydrogens is 616 g/mol. The standard InChI is InChI=1S/C33H56N2O10S/c1-26-23-24-27(28(25-26)35(42)43)34(46(44)45)33(2,29(36)19-15-11-7-3-5-9-13-17-21-31(38)39)30(37)20-16-12-8-4-6-10-14-18-22-32(40)41/h23-25,29-30,36-37H,3-22H2,1-2H3,(H,38,39)(H,40,41)(H,44,45). The van der Waals surface area contributed by atoms with Gasteiger partial charge < -0.3 is 20.4 Å². The molecule has 1 aromatic carbocycles. The number of aliphatic carboxylic acids is 2. The van der Waals surface area contributed by atoms with E-state index in [-0.39, 0.29) is 37.1 Å². The van der Waals surface area contributed by atoms with Gasteiger partial charge in [0.1, 0.15) is 11.2 Å². The van der Waals surface area contributed by atoms with Gasteiger partial charge in [-0.25, -0.2) is 4.21 Å². The molecule has 0 aromatic heterocycles. The van der Waals surface area contributed by atoms with E-state index in [1.165, 1.54) is 19.1 Å². The fraction of sp³-hybridized carbons (Fsp3) is 0.758. The summed E-state index contributed by atoms with van der Waals surface area (Å²) in [5, 5.41) is 52.5. The van der Waals surface area contributed by atoms with Crippen molar-refractivity contribution in [1.29, 1.82) is 0 Å². The number of nitrogens with zero attached hydrogens (tertiary/aromatic N) is 2. The Balaban J connectivity index is 2.89. The van der Waals surface area contributed by atoms with Crippen LogP contribution in [0, 0.1) is 17.0 Å². The molecule has 3 unspecified atom stereocenters. The van der Waals surface area contributed by atoms with Crippen LogP contribution in [0.1, 0.15) is 141 Å². The third-order valence-corrected chi connectivity index (χ3v) is 9.63. The molecule has 0 saturated heterocycles. The molecule has 13 heteroatoms. The van der Waals surface area contributed by atoms with Crippen molar-refractivity contribution in [3.8, 4) is 0 Å². The van der Waals surface area contributed by atoms with Crippen LogP contribution in [0.5, 0.6) is 0 Å². The smallest absolute Gasteiger partial charge is 0.303 e. The molecule has 0 amide bonds. The van der Waals surface area contributed by atoms with E-state index >= 15 is 0 Å². The zero-order chi connectivity index (χ0) is 34.5. The average molecular weight is 673 g/mol. The Labute approximate surface area is 276 Å². The molecule has 5 N–H and O–H groups in total. The highest BCUT2D eigenvalue weighted by atomic mass is 32.2. The first kappa shape index (κ1) is 41.4. The zero-order valence-corrected chi connectivity index (χ0v) is 28.4. The van der Waals surface area contributed by atoms with Crippen molar-refractivity contribution in [1.82, 2.24) is 0 Å². The van der Waals surface area contributed by atoms with Gasteiger partial charge in [0.05, 0.1) is 17.1 Å². The van der Waals surface area contributed by atoms with Gasteiger partial charge in [0.2, 0.25) is 0 Å². The Kier molecular flexibility index (Phi) is 20.6. The van der Waals surface area contributed by atoms with Gasteiger partial charge in [-0.3, -0.25) is 28.6 Å². The molecule has 0 radical (unpaired) electrons. The first-order valence-electron chi connectivity index (χ1n) is 16.8. The molecular formula is C33H56N2O10S. The second-order valence-electron chi connectivity index (χ2n) is 12.6. The molecule has 1 aromatic rings. The third kappa shape index (κ3) is 15.3. The molecule has 0 aliphatic carbocycles. The lowest BCUT2D eigenvalue weighted by atomic mass is 9.82. The first-order chi connectivity index (χ1) is 21.8. The van der Waals surface area contributed by atoms with Crippen LogP contribution in [0.15, 0.2) is 18.2 Å². The molecule has 3 atom stereocenters. The lowest BCUT2D eigenvalue weighted by Crippen LogP contribution is -2.62. The fourth-order valence-corrected chi connectivity index (χ4v) is 6.79. The van der Waals surface area contributed by atoms with Crippen molar-refractivity contribution in [2.75, 3.05) is 4.31 Å². The van der Waals surface area contributed by atoms with Gasteiger partial charge in [0.15, 0.2) is 0 Å². The van der Waals surface area contributed by atoms with E-state index in [4.69, 9.17) is 10.2 Å². The minimum absolute atomic E-state index is 0.150. The maximum absolute atomic E-state index is 12.9. The molecule has 46 heavy (non-hydrogen) atoms. The highest BCUT2D eigenvalue weighted by molar-refractivity contribution is 7.80. The number of benzene rings is 1. The van der Waals surface area contributed by atoms with Crippen molar-refractivity contribution in [2.24, 2.45) is 0 Å². The van der Waals surface area contributed by atoms with Crippen molar-refractivity contribution < 1.29 is 43.7 Å². The topological polar surface area (TPSA) is 199 Å². The Morgan fingerprint density at radius 3 is 1.50 bits per heavy atom. The highest BCUT2D eigenvalue weighted by Crippen LogP contribution is 2.40. The number of carboxylic acids is 2. The second kappa shape index (κ2) is 22.8. The van der Waals surface area contributed by atoms with Gasteiger partial charge in [-0.15, -0.1) is 0 Å². The summed E-state index contributed by atoms with van der Waals surface area (Å²) in [6.07, 6.45) is 11.8. The molecule has 1 rings (SSSR count). The van der Waals surface area contributed by atoms with Crippen molar-refractivity contribution >= 4 is 34.6 Å². The van der Waals surface area contributed by atoms with Crippen LogP contribution < -0.4 is 4.31 Å². The van der Waals surface area contributed by atoms with Crippen molar-refractivity contribution in [3.05, 3.63) is 33.9 Å². The number of nitro benzene ring substituents is 1. The summed E-state index contributed by atoms with van der Waals surface area (Å²) in [6.45, 7) is 3.17.